The minimum absolute atomic E-state index is 0.682. The summed E-state index contributed by atoms with van der Waals surface area (Å²) in [4.78, 5) is 12.6. The van der Waals surface area contributed by atoms with E-state index in [4.69, 9.17) is 0 Å². The van der Waals surface area contributed by atoms with E-state index in [1.165, 1.54) is 0 Å². The Morgan fingerprint density at radius 3 is 2.75 bits per heavy atom. The maximum absolute atomic E-state index is 4.35. The van der Waals surface area contributed by atoms with Crippen molar-refractivity contribution in [3.63, 3.8) is 0 Å². The molecule has 0 amide bonds. The maximum atomic E-state index is 4.35. The SMILES string of the molecule is CCNc1cncc(NCc2nccs2)n1. The molecule has 0 atom stereocenters. The summed E-state index contributed by atoms with van der Waals surface area (Å²) in [5.74, 6) is 1.54. The molecule has 0 saturated heterocycles. The summed E-state index contributed by atoms with van der Waals surface area (Å²) >= 11 is 1.62. The van der Waals surface area contributed by atoms with Crippen LogP contribution in [-0.4, -0.2) is 21.5 Å². The van der Waals surface area contributed by atoms with Crippen LogP contribution < -0.4 is 10.6 Å². The van der Waals surface area contributed by atoms with Gasteiger partial charge in [0.05, 0.1) is 18.9 Å². The van der Waals surface area contributed by atoms with Crippen LogP contribution in [0, 0.1) is 0 Å². The van der Waals surface area contributed by atoms with Gasteiger partial charge in [0.1, 0.15) is 16.6 Å². The summed E-state index contributed by atoms with van der Waals surface area (Å²) in [5, 5.41) is 9.29. The van der Waals surface area contributed by atoms with E-state index in [1.54, 1.807) is 29.9 Å². The fraction of sp³-hybridized carbons (Fsp3) is 0.300. The lowest BCUT2D eigenvalue weighted by Gasteiger charge is -2.05. The number of aromatic nitrogens is 3. The van der Waals surface area contributed by atoms with Crippen LogP contribution in [-0.2, 0) is 6.54 Å². The third kappa shape index (κ3) is 2.90. The molecule has 0 spiro atoms. The van der Waals surface area contributed by atoms with Gasteiger partial charge in [0.25, 0.3) is 0 Å². The van der Waals surface area contributed by atoms with Crippen LogP contribution in [0.5, 0.6) is 0 Å². The quantitative estimate of drug-likeness (QED) is 0.829. The number of nitrogens with zero attached hydrogens (tertiary/aromatic N) is 3. The molecule has 0 bridgehead atoms. The van der Waals surface area contributed by atoms with Crippen molar-refractivity contribution in [3.8, 4) is 0 Å². The van der Waals surface area contributed by atoms with Crippen molar-refractivity contribution in [1.29, 1.82) is 0 Å². The van der Waals surface area contributed by atoms with Crippen molar-refractivity contribution < 1.29 is 0 Å². The lowest BCUT2D eigenvalue weighted by atomic mass is 10.5. The van der Waals surface area contributed by atoms with Crippen molar-refractivity contribution >= 4 is 23.0 Å². The van der Waals surface area contributed by atoms with Crippen LogP contribution in [0.1, 0.15) is 11.9 Å². The van der Waals surface area contributed by atoms with Crippen molar-refractivity contribution in [2.24, 2.45) is 0 Å². The Balaban J connectivity index is 1.96. The zero-order valence-electron chi connectivity index (χ0n) is 8.97. The lowest BCUT2D eigenvalue weighted by Crippen LogP contribution is -2.05. The van der Waals surface area contributed by atoms with Gasteiger partial charge in [-0.05, 0) is 6.92 Å². The highest BCUT2D eigenvalue weighted by atomic mass is 32.1. The number of hydrogen-bond donors (Lipinski definition) is 2. The summed E-state index contributed by atoms with van der Waals surface area (Å²) in [6, 6.07) is 0. The van der Waals surface area contributed by atoms with Crippen molar-refractivity contribution in [2.45, 2.75) is 13.5 Å². The van der Waals surface area contributed by atoms with Crippen LogP contribution in [0.2, 0.25) is 0 Å². The first-order chi connectivity index (χ1) is 7.88. The van der Waals surface area contributed by atoms with E-state index < -0.39 is 0 Å². The van der Waals surface area contributed by atoms with E-state index in [-0.39, 0.29) is 0 Å². The van der Waals surface area contributed by atoms with Gasteiger partial charge in [-0.15, -0.1) is 11.3 Å². The Hall–Kier alpha value is -1.69. The number of thiazole rings is 1. The summed E-state index contributed by atoms with van der Waals surface area (Å²) in [6.07, 6.45) is 5.20. The molecule has 16 heavy (non-hydrogen) atoms. The first kappa shape index (κ1) is 10.8. The van der Waals surface area contributed by atoms with Crippen LogP contribution in [0.25, 0.3) is 0 Å². The largest absolute Gasteiger partial charge is 0.369 e. The Bertz CT molecular complexity index is 429. The molecule has 0 aliphatic rings. The minimum Gasteiger partial charge on any atom is -0.369 e. The highest BCUT2D eigenvalue weighted by Gasteiger charge is 1.99. The average molecular weight is 235 g/mol. The van der Waals surface area contributed by atoms with Gasteiger partial charge in [-0.25, -0.2) is 9.97 Å². The standard InChI is InChI=1S/C10H13N5S/c1-2-12-8-5-11-6-9(15-8)14-7-10-13-3-4-16-10/h3-6H,2,7H2,1H3,(H2,12,14,15). The van der Waals surface area contributed by atoms with Crippen LogP contribution >= 0.6 is 11.3 Å². The Kier molecular flexibility index (Phi) is 3.66. The van der Waals surface area contributed by atoms with Gasteiger partial charge >= 0.3 is 0 Å². The second kappa shape index (κ2) is 5.41. The zero-order chi connectivity index (χ0) is 11.2. The predicted molar refractivity (Wildman–Crippen MR) is 65.6 cm³/mol. The Morgan fingerprint density at radius 2 is 2.06 bits per heavy atom. The summed E-state index contributed by atoms with van der Waals surface area (Å²) < 4.78 is 0. The van der Waals surface area contributed by atoms with Gasteiger partial charge in [0, 0.05) is 18.1 Å². The van der Waals surface area contributed by atoms with E-state index in [0.29, 0.717) is 6.54 Å². The van der Waals surface area contributed by atoms with Crippen LogP contribution in [0.4, 0.5) is 11.6 Å². The smallest absolute Gasteiger partial charge is 0.147 e. The molecule has 2 N–H and O–H groups in total. The van der Waals surface area contributed by atoms with Crippen LogP contribution in [0.15, 0.2) is 24.0 Å². The zero-order valence-corrected chi connectivity index (χ0v) is 9.79. The van der Waals surface area contributed by atoms with Crippen molar-refractivity contribution in [1.82, 2.24) is 15.0 Å². The molecular weight excluding hydrogens is 222 g/mol. The van der Waals surface area contributed by atoms with E-state index in [1.807, 2.05) is 12.3 Å². The molecule has 0 fully saturated rings. The number of hydrogen-bond acceptors (Lipinski definition) is 6. The van der Waals surface area contributed by atoms with Gasteiger partial charge in [-0.3, -0.25) is 4.98 Å². The molecule has 0 aromatic carbocycles. The molecule has 0 unspecified atom stereocenters. The Labute approximate surface area is 98.0 Å². The summed E-state index contributed by atoms with van der Waals surface area (Å²) in [7, 11) is 0. The highest BCUT2D eigenvalue weighted by molar-refractivity contribution is 7.09. The summed E-state index contributed by atoms with van der Waals surface area (Å²) in [6.45, 7) is 3.55. The minimum atomic E-state index is 0.682. The van der Waals surface area contributed by atoms with E-state index in [0.717, 1.165) is 23.2 Å². The molecule has 5 nitrogen and oxygen atoms in total. The molecule has 2 aromatic heterocycles. The van der Waals surface area contributed by atoms with Gasteiger partial charge in [-0.2, -0.15) is 0 Å². The highest BCUT2D eigenvalue weighted by Crippen LogP contribution is 2.09. The molecule has 2 rings (SSSR count). The fourth-order valence-corrected chi connectivity index (χ4v) is 1.78. The lowest BCUT2D eigenvalue weighted by molar-refractivity contribution is 1.05. The molecule has 0 radical (unpaired) electrons. The van der Waals surface area contributed by atoms with Gasteiger partial charge < -0.3 is 10.6 Å². The molecule has 2 heterocycles. The van der Waals surface area contributed by atoms with Gasteiger partial charge in [0.15, 0.2) is 0 Å². The third-order valence-electron chi connectivity index (χ3n) is 1.90. The average Bonchev–Trinajstić information content (AvgIpc) is 2.80. The van der Waals surface area contributed by atoms with Gasteiger partial charge in [0.2, 0.25) is 0 Å². The first-order valence-electron chi connectivity index (χ1n) is 5.06. The molecule has 0 aliphatic heterocycles. The normalized spacial score (nSPS) is 10.1. The van der Waals surface area contributed by atoms with Crippen molar-refractivity contribution in [2.75, 3.05) is 17.2 Å². The molecular formula is C10H13N5S. The number of rotatable bonds is 5. The van der Waals surface area contributed by atoms with Crippen molar-refractivity contribution in [3.05, 3.63) is 29.0 Å². The van der Waals surface area contributed by atoms with E-state index in [9.17, 15) is 0 Å². The molecule has 0 aliphatic carbocycles. The number of nitrogens with one attached hydrogen (secondary N) is 2. The Morgan fingerprint density at radius 1 is 1.25 bits per heavy atom. The first-order valence-corrected chi connectivity index (χ1v) is 5.94. The van der Waals surface area contributed by atoms with Crippen LogP contribution in [0.3, 0.4) is 0 Å². The molecule has 0 saturated carbocycles. The summed E-state index contributed by atoms with van der Waals surface area (Å²) in [5.41, 5.74) is 0. The van der Waals surface area contributed by atoms with E-state index >= 15 is 0 Å². The monoisotopic (exact) mass is 235 g/mol. The van der Waals surface area contributed by atoms with E-state index in [2.05, 4.69) is 25.6 Å². The predicted octanol–water partition coefficient (Wildman–Crippen LogP) is 1.98. The van der Waals surface area contributed by atoms with Gasteiger partial charge in [-0.1, -0.05) is 0 Å². The third-order valence-corrected chi connectivity index (χ3v) is 2.68. The molecule has 6 heteroatoms. The fourth-order valence-electron chi connectivity index (χ4n) is 1.22. The maximum Gasteiger partial charge on any atom is 0.147 e. The topological polar surface area (TPSA) is 62.7 Å². The second-order valence-corrected chi connectivity index (χ2v) is 4.08. The second-order valence-electron chi connectivity index (χ2n) is 3.10. The number of anilines is 2. The molecule has 84 valence electrons. The molecule has 2 aromatic rings.